The van der Waals surface area contributed by atoms with Gasteiger partial charge in [-0.2, -0.15) is 0 Å². The van der Waals surface area contributed by atoms with Crippen molar-refractivity contribution in [3.8, 4) is 0 Å². The highest BCUT2D eigenvalue weighted by Crippen LogP contribution is 2.20. The van der Waals surface area contributed by atoms with E-state index >= 15 is 0 Å². The summed E-state index contributed by atoms with van der Waals surface area (Å²) in [5.74, 6) is -0.280. The van der Waals surface area contributed by atoms with Crippen LogP contribution in [0.25, 0.3) is 0 Å². The van der Waals surface area contributed by atoms with Gasteiger partial charge in [0.05, 0.1) is 0 Å². The van der Waals surface area contributed by atoms with Gasteiger partial charge in [0, 0.05) is 29.1 Å². The third-order valence-electron chi connectivity index (χ3n) is 2.87. The standard InChI is InChI=1S/C16H16ClN3O/c1-3-7-18-12-6-8-19-15(10-12)16(21)20-13-5-4-11(2)14(17)9-13/h3-6,8-10H,1,7H2,2H3,(H,18,19)(H,20,21). The first-order valence-electron chi connectivity index (χ1n) is 6.48. The molecule has 0 saturated carbocycles. The predicted octanol–water partition coefficient (Wildman–Crippen LogP) is 3.89. The number of hydrogen-bond acceptors (Lipinski definition) is 3. The number of aromatic nitrogens is 1. The monoisotopic (exact) mass is 301 g/mol. The highest BCUT2D eigenvalue weighted by Gasteiger charge is 2.09. The normalized spacial score (nSPS) is 10.0. The summed E-state index contributed by atoms with van der Waals surface area (Å²) in [5.41, 5.74) is 2.75. The van der Waals surface area contributed by atoms with E-state index in [1.165, 1.54) is 0 Å². The second kappa shape index (κ2) is 6.90. The van der Waals surface area contributed by atoms with Crippen molar-refractivity contribution in [1.29, 1.82) is 0 Å². The molecule has 21 heavy (non-hydrogen) atoms. The molecule has 0 bridgehead atoms. The van der Waals surface area contributed by atoms with Gasteiger partial charge in [0.2, 0.25) is 0 Å². The van der Waals surface area contributed by atoms with Crippen molar-refractivity contribution in [1.82, 2.24) is 4.98 Å². The largest absolute Gasteiger partial charge is 0.381 e. The number of halogens is 1. The van der Waals surface area contributed by atoms with E-state index in [1.807, 2.05) is 13.0 Å². The Morgan fingerprint density at radius 2 is 2.14 bits per heavy atom. The Kier molecular flexibility index (Phi) is 4.95. The fourth-order valence-electron chi connectivity index (χ4n) is 1.72. The minimum Gasteiger partial charge on any atom is -0.381 e. The summed E-state index contributed by atoms with van der Waals surface area (Å²) in [6.07, 6.45) is 3.33. The maximum absolute atomic E-state index is 12.2. The molecule has 1 aromatic heterocycles. The maximum atomic E-state index is 12.2. The minimum absolute atomic E-state index is 0.280. The summed E-state index contributed by atoms with van der Waals surface area (Å²) in [4.78, 5) is 16.2. The van der Waals surface area contributed by atoms with Crippen LogP contribution in [0.2, 0.25) is 5.02 Å². The summed E-state index contributed by atoms with van der Waals surface area (Å²) >= 11 is 6.04. The van der Waals surface area contributed by atoms with Crippen molar-refractivity contribution in [2.24, 2.45) is 0 Å². The molecule has 2 aromatic rings. The molecule has 0 fully saturated rings. The van der Waals surface area contributed by atoms with Crippen molar-refractivity contribution in [3.63, 3.8) is 0 Å². The molecule has 0 aliphatic carbocycles. The van der Waals surface area contributed by atoms with E-state index in [4.69, 9.17) is 11.6 Å². The van der Waals surface area contributed by atoms with Gasteiger partial charge in [-0.1, -0.05) is 23.7 Å². The van der Waals surface area contributed by atoms with Gasteiger partial charge in [-0.25, -0.2) is 0 Å². The van der Waals surface area contributed by atoms with Gasteiger partial charge in [-0.3, -0.25) is 9.78 Å². The molecule has 0 aliphatic rings. The van der Waals surface area contributed by atoms with Gasteiger partial charge in [0.1, 0.15) is 5.69 Å². The average molecular weight is 302 g/mol. The number of rotatable bonds is 5. The lowest BCUT2D eigenvalue weighted by Gasteiger charge is -2.08. The molecule has 0 radical (unpaired) electrons. The molecule has 1 amide bonds. The molecule has 2 rings (SSSR count). The number of nitrogens with one attached hydrogen (secondary N) is 2. The lowest BCUT2D eigenvalue weighted by molar-refractivity contribution is 0.102. The zero-order valence-corrected chi connectivity index (χ0v) is 12.4. The summed E-state index contributed by atoms with van der Waals surface area (Å²) in [5, 5.41) is 6.50. The number of nitrogens with zero attached hydrogens (tertiary/aromatic N) is 1. The molecule has 0 unspecified atom stereocenters. The first-order chi connectivity index (χ1) is 10.1. The van der Waals surface area contributed by atoms with Crippen LogP contribution in [0.15, 0.2) is 49.2 Å². The lowest BCUT2D eigenvalue weighted by Crippen LogP contribution is -2.14. The number of aryl methyl sites for hydroxylation is 1. The van der Waals surface area contributed by atoms with Gasteiger partial charge < -0.3 is 10.6 Å². The summed E-state index contributed by atoms with van der Waals surface area (Å²) in [6.45, 7) is 6.17. The van der Waals surface area contributed by atoms with E-state index in [0.29, 0.717) is 22.9 Å². The molecule has 5 heteroatoms. The van der Waals surface area contributed by atoms with Crippen molar-refractivity contribution >= 4 is 28.9 Å². The van der Waals surface area contributed by atoms with E-state index < -0.39 is 0 Å². The molecule has 0 aliphatic heterocycles. The lowest BCUT2D eigenvalue weighted by atomic mass is 10.2. The van der Waals surface area contributed by atoms with Gasteiger partial charge in [0.25, 0.3) is 5.91 Å². The van der Waals surface area contributed by atoms with Crippen molar-refractivity contribution < 1.29 is 4.79 Å². The third-order valence-corrected chi connectivity index (χ3v) is 3.28. The van der Waals surface area contributed by atoms with Crippen LogP contribution < -0.4 is 10.6 Å². The van der Waals surface area contributed by atoms with E-state index in [1.54, 1.807) is 36.5 Å². The van der Waals surface area contributed by atoms with E-state index in [0.717, 1.165) is 11.3 Å². The van der Waals surface area contributed by atoms with Crippen molar-refractivity contribution in [3.05, 3.63) is 65.5 Å². The Morgan fingerprint density at radius 1 is 1.33 bits per heavy atom. The van der Waals surface area contributed by atoms with Crippen LogP contribution in [0.4, 0.5) is 11.4 Å². The molecule has 4 nitrogen and oxygen atoms in total. The topological polar surface area (TPSA) is 54.0 Å². The Morgan fingerprint density at radius 3 is 2.86 bits per heavy atom. The summed E-state index contributed by atoms with van der Waals surface area (Å²) in [7, 11) is 0. The van der Waals surface area contributed by atoms with Crippen LogP contribution in [0.3, 0.4) is 0 Å². The van der Waals surface area contributed by atoms with Crippen LogP contribution in [-0.4, -0.2) is 17.4 Å². The molecular weight excluding hydrogens is 286 g/mol. The van der Waals surface area contributed by atoms with Crippen molar-refractivity contribution in [2.75, 3.05) is 17.2 Å². The fraction of sp³-hybridized carbons (Fsp3) is 0.125. The first-order valence-corrected chi connectivity index (χ1v) is 6.86. The highest BCUT2D eigenvalue weighted by molar-refractivity contribution is 6.31. The smallest absolute Gasteiger partial charge is 0.274 e. The van der Waals surface area contributed by atoms with Crippen LogP contribution in [0.5, 0.6) is 0 Å². The van der Waals surface area contributed by atoms with Gasteiger partial charge >= 0.3 is 0 Å². The molecule has 0 atom stereocenters. The number of carbonyl (C=O) groups excluding carboxylic acids is 1. The molecule has 2 N–H and O–H groups in total. The zero-order chi connectivity index (χ0) is 15.2. The number of carbonyl (C=O) groups is 1. The number of amides is 1. The van der Waals surface area contributed by atoms with E-state index in [2.05, 4.69) is 22.2 Å². The predicted molar refractivity (Wildman–Crippen MR) is 87.1 cm³/mol. The number of anilines is 2. The van der Waals surface area contributed by atoms with Gasteiger partial charge in [0.15, 0.2) is 0 Å². The molecule has 0 saturated heterocycles. The van der Waals surface area contributed by atoms with Crippen LogP contribution in [0.1, 0.15) is 16.1 Å². The molecular formula is C16H16ClN3O. The number of hydrogen-bond donors (Lipinski definition) is 2. The zero-order valence-electron chi connectivity index (χ0n) is 11.7. The van der Waals surface area contributed by atoms with Crippen LogP contribution in [-0.2, 0) is 0 Å². The van der Waals surface area contributed by atoms with Gasteiger partial charge in [-0.15, -0.1) is 6.58 Å². The van der Waals surface area contributed by atoms with E-state index in [-0.39, 0.29) is 5.91 Å². The Labute approximate surface area is 128 Å². The Balaban J connectivity index is 2.12. The molecule has 108 valence electrons. The summed E-state index contributed by atoms with van der Waals surface area (Å²) in [6, 6.07) is 8.86. The maximum Gasteiger partial charge on any atom is 0.274 e. The molecule has 0 spiro atoms. The third kappa shape index (κ3) is 4.07. The van der Waals surface area contributed by atoms with E-state index in [9.17, 15) is 4.79 Å². The highest BCUT2D eigenvalue weighted by atomic mass is 35.5. The first kappa shape index (κ1) is 15.1. The fourth-order valence-corrected chi connectivity index (χ4v) is 1.90. The molecule has 1 aromatic carbocycles. The van der Waals surface area contributed by atoms with Crippen LogP contribution >= 0.6 is 11.6 Å². The van der Waals surface area contributed by atoms with Crippen LogP contribution in [0, 0.1) is 6.92 Å². The minimum atomic E-state index is -0.280. The number of benzene rings is 1. The number of pyridine rings is 1. The SMILES string of the molecule is C=CCNc1ccnc(C(=O)Nc2ccc(C)c(Cl)c2)c1. The second-order valence-electron chi connectivity index (χ2n) is 4.52. The Hall–Kier alpha value is -2.33. The molecule has 1 heterocycles. The average Bonchev–Trinajstić information content (AvgIpc) is 2.49. The summed E-state index contributed by atoms with van der Waals surface area (Å²) < 4.78 is 0. The second-order valence-corrected chi connectivity index (χ2v) is 4.92. The van der Waals surface area contributed by atoms with Gasteiger partial charge in [-0.05, 0) is 36.8 Å². The van der Waals surface area contributed by atoms with Crippen molar-refractivity contribution in [2.45, 2.75) is 6.92 Å². The quantitative estimate of drug-likeness (QED) is 0.824. The Bertz CT molecular complexity index is 670.